The van der Waals surface area contributed by atoms with E-state index in [1.807, 2.05) is 20.2 Å². The molecule has 14 heavy (non-hydrogen) atoms. The highest BCUT2D eigenvalue weighted by Gasteiger charge is 2.14. The lowest BCUT2D eigenvalue weighted by Gasteiger charge is -2.23. The smallest absolute Gasteiger partial charge is 0.216 e. The molecule has 78 valence electrons. The van der Waals surface area contributed by atoms with Gasteiger partial charge in [-0.3, -0.25) is 4.79 Å². The normalized spacial score (nSPS) is 12.9. The van der Waals surface area contributed by atoms with Crippen molar-refractivity contribution in [2.75, 3.05) is 20.6 Å². The third-order valence-electron chi connectivity index (χ3n) is 2.04. The number of thiophene rings is 1. The highest BCUT2D eigenvalue weighted by atomic mass is 32.1. The Bertz CT molecular complexity index is 282. The summed E-state index contributed by atoms with van der Waals surface area (Å²) in [5.74, 6) is 0.0217. The molecule has 1 rings (SSSR count). The summed E-state index contributed by atoms with van der Waals surface area (Å²) in [6.07, 6.45) is 0. The Hall–Kier alpha value is -0.870. The number of hydrogen-bond donors (Lipinski definition) is 1. The van der Waals surface area contributed by atoms with Gasteiger partial charge >= 0.3 is 0 Å². The van der Waals surface area contributed by atoms with Gasteiger partial charge in [0.25, 0.3) is 0 Å². The molecule has 0 spiro atoms. The van der Waals surface area contributed by atoms with E-state index < -0.39 is 0 Å². The lowest BCUT2D eigenvalue weighted by Crippen LogP contribution is -2.32. The van der Waals surface area contributed by atoms with Gasteiger partial charge in [-0.2, -0.15) is 0 Å². The fourth-order valence-electron chi connectivity index (χ4n) is 1.26. The maximum Gasteiger partial charge on any atom is 0.216 e. The Morgan fingerprint density at radius 3 is 2.79 bits per heavy atom. The van der Waals surface area contributed by atoms with E-state index in [1.165, 1.54) is 4.88 Å². The number of nitrogens with zero attached hydrogens (tertiary/aromatic N) is 1. The highest BCUT2D eigenvalue weighted by molar-refractivity contribution is 7.10. The number of carbonyl (C=O) groups is 1. The first kappa shape index (κ1) is 11.2. The van der Waals surface area contributed by atoms with Gasteiger partial charge in [0.2, 0.25) is 5.91 Å². The van der Waals surface area contributed by atoms with Crippen molar-refractivity contribution in [1.29, 1.82) is 0 Å². The molecule has 0 bridgehead atoms. The standard InChI is InChI=1S/C10H16N2OS/c1-8(13)11-7-9(12(2)3)10-5-4-6-14-10/h4-6,9H,7H2,1-3H3,(H,11,13). The van der Waals surface area contributed by atoms with Crippen molar-refractivity contribution < 1.29 is 4.79 Å². The molecule has 3 nitrogen and oxygen atoms in total. The predicted octanol–water partition coefficient (Wildman–Crippen LogP) is 1.49. The van der Waals surface area contributed by atoms with Gasteiger partial charge in [0.15, 0.2) is 0 Å². The fraction of sp³-hybridized carbons (Fsp3) is 0.500. The van der Waals surface area contributed by atoms with Crippen LogP contribution >= 0.6 is 11.3 Å². The molecule has 1 amide bonds. The molecule has 0 aliphatic heterocycles. The van der Waals surface area contributed by atoms with E-state index in [1.54, 1.807) is 18.3 Å². The van der Waals surface area contributed by atoms with Crippen molar-refractivity contribution in [3.05, 3.63) is 22.4 Å². The van der Waals surface area contributed by atoms with E-state index >= 15 is 0 Å². The quantitative estimate of drug-likeness (QED) is 0.820. The number of hydrogen-bond acceptors (Lipinski definition) is 3. The molecule has 0 saturated heterocycles. The second kappa shape index (κ2) is 5.12. The third-order valence-corrected chi connectivity index (χ3v) is 3.01. The number of nitrogens with one attached hydrogen (secondary N) is 1. The summed E-state index contributed by atoms with van der Waals surface area (Å²) in [6, 6.07) is 4.40. The minimum atomic E-state index is 0.0217. The molecule has 1 atom stereocenters. The van der Waals surface area contributed by atoms with E-state index in [4.69, 9.17) is 0 Å². The van der Waals surface area contributed by atoms with E-state index in [-0.39, 0.29) is 11.9 Å². The highest BCUT2D eigenvalue weighted by Crippen LogP contribution is 2.22. The van der Waals surface area contributed by atoms with Crippen LogP contribution in [0.4, 0.5) is 0 Å². The van der Waals surface area contributed by atoms with Crippen LogP contribution in [0, 0.1) is 0 Å². The van der Waals surface area contributed by atoms with E-state index in [2.05, 4.69) is 21.7 Å². The topological polar surface area (TPSA) is 32.3 Å². The monoisotopic (exact) mass is 212 g/mol. The van der Waals surface area contributed by atoms with Gasteiger partial charge < -0.3 is 10.2 Å². The largest absolute Gasteiger partial charge is 0.354 e. The van der Waals surface area contributed by atoms with Gasteiger partial charge in [0, 0.05) is 18.3 Å². The van der Waals surface area contributed by atoms with Crippen molar-refractivity contribution in [1.82, 2.24) is 10.2 Å². The van der Waals surface area contributed by atoms with Crippen molar-refractivity contribution in [2.45, 2.75) is 13.0 Å². The Morgan fingerprint density at radius 2 is 2.36 bits per heavy atom. The number of rotatable bonds is 4. The fourth-order valence-corrected chi connectivity index (χ4v) is 2.18. The van der Waals surface area contributed by atoms with Crippen LogP contribution in [-0.4, -0.2) is 31.4 Å². The molecule has 0 aromatic carbocycles. The lowest BCUT2D eigenvalue weighted by atomic mass is 10.2. The van der Waals surface area contributed by atoms with Crippen molar-refractivity contribution in [2.24, 2.45) is 0 Å². The van der Waals surface area contributed by atoms with Gasteiger partial charge in [-0.15, -0.1) is 11.3 Å². The SMILES string of the molecule is CC(=O)NCC(c1cccs1)N(C)C. The maximum absolute atomic E-state index is 10.8. The van der Waals surface area contributed by atoms with Crippen molar-refractivity contribution >= 4 is 17.2 Å². The first-order chi connectivity index (χ1) is 6.61. The number of carbonyl (C=O) groups excluding carboxylic acids is 1. The zero-order chi connectivity index (χ0) is 10.6. The van der Waals surface area contributed by atoms with Crippen LogP contribution in [0.5, 0.6) is 0 Å². The molecular weight excluding hydrogens is 196 g/mol. The summed E-state index contributed by atoms with van der Waals surface area (Å²) in [4.78, 5) is 14.2. The van der Waals surface area contributed by atoms with E-state index in [0.717, 1.165) is 0 Å². The van der Waals surface area contributed by atoms with E-state index in [9.17, 15) is 4.79 Å². The molecule has 1 unspecified atom stereocenters. The molecule has 0 aliphatic rings. The summed E-state index contributed by atoms with van der Waals surface area (Å²) in [6.45, 7) is 2.21. The summed E-state index contributed by atoms with van der Waals surface area (Å²) in [5.41, 5.74) is 0. The van der Waals surface area contributed by atoms with Gasteiger partial charge in [-0.05, 0) is 25.5 Å². The first-order valence-electron chi connectivity index (χ1n) is 4.55. The number of likely N-dealkylation sites (N-methyl/N-ethyl adjacent to an activating group) is 1. The molecule has 1 N–H and O–H groups in total. The van der Waals surface area contributed by atoms with Gasteiger partial charge in [-0.1, -0.05) is 6.07 Å². The summed E-state index contributed by atoms with van der Waals surface area (Å²) in [5, 5.41) is 4.90. The Morgan fingerprint density at radius 1 is 1.64 bits per heavy atom. The second-order valence-corrected chi connectivity index (χ2v) is 4.41. The Labute approximate surface area is 88.7 Å². The molecule has 1 aromatic heterocycles. The maximum atomic E-state index is 10.8. The molecular formula is C10H16N2OS. The number of amides is 1. The average Bonchev–Trinajstić information content (AvgIpc) is 2.56. The Balaban J connectivity index is 2.61. The zero-order valence-corrected chi connectivity index (χ0v) is 9.60. The van der Waals surface area contributed by atoms with Crippen molar-refractivity contribution in [3.8, 4) is 0 Å². The van der Waals surface area contributed by atoms with Crippen LogP contribution in [0.2, 0.25) is 0 Å². The summed E-state index contributed by atoms with van der Waals surface area (Å²) < 4.78 is 0. The van der Waals surface area contributed by atoms with Crippen LogP contribution in [0.15, 0.2) is 17.5 Å². The van der Waals surface area contributed by atoms with Crippen LogP contribution in [0.1, 0.15) is 17.8 Å². The van der Waals surface area contributed by atoms with Gasteiger partial charge in [0.05, 0.1) is 6.04 Å². The minimum Gasteiger partial charge on any atom is -0.354 e. The van der Waals surface area contributed by atoms with E-state index in [0.29, 0.717) is 6.54 Å². The molecule has 4 heteroatoms. The van der Waals surface area contributed by atoms with Crippen LogP contribution in [0.25, 0.3) is 0 Å². The molecule has 0 saturated carbocycles. The molecule has 1 heterocycles. The zero-order valence-electron chi connectivity index (χ0n) is 8.78. The first-order valence-corrected chi connectivity index (χ1v) is 5.43. The average molecular weight is 212 g/mol. The minimum absolute atomic E-state index is 0.0217. The Kier molecular flexibility index (Phi) is 4.10. The van der Waals surface area contributed by atoms with Crippen LogP contribution in [-0.2, 0) is 4.79 Å². The molecule has 0 aliphatic carbocycles. The second-order valence-electron chi connectivity index (χ2n) is 3.43. The lowest BCUT2D eigenvalue weighted by molar-refractivity contribution is -0.119. The summed E-state index contributed by atoms with van der Waals surface area (Å²) in [7, 11) is 4.04. The van der Waals surface area contributed by atoms with Crippen molar-refractivity contribution in [3.63, 3.8) is 0 Å². The van der Waals surface area contributed by atoms with Crippen LogP contribution in [0.3, 0.4) is 0 Å². The van der Waals surface area contributed by atoms with Gasteiger partial charge in [-0.25, -0.2) is 0 Å². The molecule has 1 aromatic rings. The summed E-state index contributed by atoms with van der Waals surface area (Å²) >= 11 is 1.72. The third kappa shape index (κ3) is 3.12. The van der Waals surface area contributed by atoms with Crippen LogP contribution < -0.4 is 5.32 Å². The molecule has 0 fully saturated rings. The van der Waals surface area contributed by atoms with Gasteiger partial charge in [0.1, 0.15) is 0 Å². The predicted molar refractivity (Wildman–Crippen MR) is 59.4 cm³/mol. The molecule has 0 radical (unpaired) electrons.